The van der Waals surface area contributed by atoms with Crippen LogP contribution in [0.5, 0.6) is 5.75 Å². The molecule has 0 radical (unpaired) electrons. The Balaban J connectivity index is 1.60. The van der Waals surface area contributed by atoms with Gasteiger partial charge in [-0.05, 0) is 42.3 Å². The summed E-state index contributed by atoms with van der Waals surface area (Å²) >= 11 is 6.09. The van der Waals surface area contributed by atoms with Crippen LogP contribution in [-0.2, 0) is 11.2 Å². The molecule has 0 aromatic heterocycles. The van der Waals surface area contributed by atoms with Crippen molar-refractivity contribution < 1.29 is 13.9 Å². The van der Waals surface area contributed by atoms with Gasteiger partial charge in [-0.15, -0.1) is 0 Å². The number of methoxy groups -OCH3 is 1. The summed E-state index contributed by atoms with van der Waals surface area (Å²) in [6, 6.07) is 11.7. The van der Waals surface area contributed by atoms with E-state index >= 15 is 0 Å². The standard InChI is InChI=1S/C19H20ClFN2O2/c1-25-18-6-5-14(20)11-17(18)23-8-7-16(12-23)22-19(24)10-13-3-2-4-15(21)9-13/h2-6,9,11,16H,7-8,10,12H2,1H3,(H,22,24). The Morgan fingerprint density at radius 1 is 1.36 bits per heavy atom. The Hall–Kier alpha value is -2.27. The summed E-state index contributed by atoms with van der Waals surface area (Å²) in [5, 5.41) is 3.67. The van der Waals surface area contributed by atoms with Crippen molar-refractivity contribution in [2.75, 3.05) is 25.1 Å². The van der Waals surface area contributed by atoms with Crippen molar-refractivity contribution in [1.82, 2.24) is 5.32 Å². The number of carbonyl (C=O) groups is 1. The second-order valence-electron chi connectivity index (χ2n) is 6.12. The molecule has 1 unspecified atom stereocenters. The Morgan fingerprint density at radius 2 is 2.20 bits per heavy atom. The van der Waals surface area contributed by atoms with Crippen LogP contribution in [-0.4, -0.2) is 32.1 Å². The normalized spacial score (nSPS) is 16.8. The molecule has 1 amide bonds. The molecule has 25 heavy (non-hydrogen) atoms. The molecule has 1 saturated heterocycles. The Labute approximate surface area is 151 Å². The van der Waals surface area contributed by atoms with Gasteiger partial charge in [0.25, 0.3) is 0 Å². The summed E-state index contributed by atoms with van der Waals surface area (Å²) in [6.45, 7) is 1.49. The first-order valence-corrected chi connectivity index (χ1v) is 8.55. The minimum absolute atomic E-state index is 0.0461. The van der Waals surface area contributed by atoms with Gasteiger partial charge in [0, 0.05) is 24.2 Å². The van der Waals surface area contributed by atoms with Gasteiger partial charge in [0.2, 0.25) is 5.91 Å². The molecule has 3 rings (SSSR count). The minimum Gasteiger partial charge on any atom is -0.495 e. The van der Waals surface area contributed by atoms with Gasteiger partial charge >= 0.3 is 0 Å². The lowest BCUT2D eigenvalue weighted by atomic mass is 10.1. The molecular weight excluding hydrogens is 343 g/mol. The van der Waals surface area contributed by atoms with Crippen LogP contribution >= 0.6 is 11.6 Å². The lowest BCUT2D eigenvalue weighted by molar-refractivity contribution is -0.121. The van der Waals surface area contributed by atoms with Crippen molar-refractivity contribution in [3.8, 4) is 5.75 Å². The summed E-state index contributed by atoms with van der Waals surface area (Å²) in [5.41, 5.74) is 1.60. The maximum atomic E-state index is 13.2. The van der Waals surface area contributed by atoms with Crippen LogP contribution in [0.25, 0.3) is 0 Å². The quantitative estimate of drug-likeness (QED) is 0.886. The highest BCUT2D eigenvalue weighted by atomic mass is 35.5. The third-order valence-corrected chi connectivity index (χ3v) is 4.52. The highest BCUT2D eigenvalue weighted by Gasteiger charge is 2.26. The molecule has 0 saturated carbocycles. The molecular formula is C19H20ClFN2O2. The lowest BCUT2D eigenvalue weighted by Gasteiger charge is -2.21. The monoisotopic (exact) mass is 362 g/mol. The molecule has 6 heteroatoms. The van der Waals surface area contributed by atoms with Gasteiger partial charge in [-0.2, -0.15) is 0 Å². The van der Waals surface area contributed by atoms with Gasteiger partial charge in [-0.1, -0.05) is 23.7 Å². The second kappa shape index (κ2) is 7.74. The van der Waals surface area contributed by atoms with Crippen LogP contribution in [0.15, 0.2) is 42.5 Å². The van der Waals surface area contributed by atoms with E-state index < -0.39 is 0 Å². The SMILES string of the molecule is COc1ccc(Cl)cc1N1CCC(NC(=O)Cc2cccc(F)c2)C1. The number of halogens is 2. The Morgan fingerprint density at radius 3 is 2.96 bits per heavy atom. The van der Waals surface area contributed by atoms with E-state index in [1.54, 1.807) is 25.3 Å². The maximum absolute atomic E-state index is 13.2. The zero-order chi connectivity index (χ0) is 17.8. The molecule has 4 nitrogen and oxygen atoms in total. The van der Waals surface area contributed by atoms with Crippen LogP contribution < -0.4 is 15.0 Å². The Bertz CT molecular complexity index is 769. The van der Waals surface area contributed by atoms with Gasteiger partial charge in [-0.25, -0.2) is 4.39 Å². The van der Waals surface area contributed by atoms with E-state index in [9.17, 15) is 9.18 Å². The molecule has 0 spiro atoms. The number of ether oxygens (including phenoxy) is 1. The van der Waals surface area contributed by atoms with Crippen molar-refractivity contribution >= 4 is 23.2 Å². The fourth-order valence-electron chi connectivity index (χ4n) is 3.12. The highest BCUT2D eigenvalue weighted by Crippen LogP contribution is 2.33. The van der Waals surface area contributed by atoms with Gasteiger partial charge in [-0.3, -0.25) is 4.79 Å². The van der Waals surface area contributed by atoms with Crippen molar-refractivity contribution in [2.24, 2.45) is 0 Å². The molecule has 1 heterocycles. The van der Waals surface area contributed by atoms with Crippen molar-refractivity contribution in [2.45, 2.75) is 18.9 Å². The molecule has 1 aliphatic rings. The average Bonchev–Trinajstić information content (AvgIpc) is 3.03. The first-order chi connectivity index (χ1) is 12.0. The van der Waals surface area contributed by atoms with Crippen molar-refractivity contribution in [1.29, 1.82) is 0 Å². The smallest absolute Gasteiger partial charge is 0.224 e. The zero-order valence-corrected chi connectivity index (χ0v) is 14.7. The number of hydrogen-bond acceptors (Lipinski definition) is 3. The van der Waals surface area contributed by atoms with Crippen LogP contribution in [0.3, 0.4) is 0 Å². The van der Waals surface area contributed by atoms with Gasteiger partial charge in [0.1, 0.15) is 11.6 Å². The highest BCUT2D eigenvalue weighted by molar-refractivity contribution is 6.30. The van der Waals surface area contributed by atoms with E-state index in [1.165, 1.54) is 12.1 Å². The summed E-state index contributed by atoms with van der Waals surface area (Å²) < 4.78 is 18.6. The van der Waals surface area contributed by atoms with Gasteiger partial charge in [0.05, 0.1) is 19.2 Å². The van der Waals surface area contributed by atoms with Crippen LogP contribution in [0.1, 0.15) is 12.0 Å². The van der Waals surface area contributed by atoms with Gasteiger partial charge < -0.3 is 15.0 Å². The van der Waals surface area contributed by atoms with E-state index in [-0.39, 0.29) is 24.2 Å². The molecule has 1 atom stereocenters. The van der Waals surface area contributed by atoms with E-state index in [2.05, 4.69) is 10.2 Å². The van der Waals surface area contributed by atoms with Crippen LogP contribution in [0.4, 0.5) is 10.1 Å². The lowest BCUT2D eigenvalue weighted by Crippen LogP contribution is -2.38. The third kappa shape index (κ3) is 4.42. The first-order valence-electron chi connectivity index (χ1n) is 8.17. The topological polar surface area (TPSA) is 41.6 Å². The first kappa shape index (κ1) is 17.5. The maximum Gasteiger partial charge on any atom is 0.224 e. The van der Waals surface area contributed by atoms with E-state index in [4.69, 9.17) is 16.3 Å². The van der Waals surface area contributed by atoms with E-state index in [1.807, 2.05) is 12.1 Å². The molecule has 132 valence electrons. The van der Waals surface area contributed by atoms with E-state index in [0.717, 1.165) is 24.4 Å². The van der Waals surface area contributed by atoms with Gasteiger partial charge in [0.15, 0.2) is 0 Å². The van der Waals surface area contributed by atoms with E-state index in [0.29, 0.717) is 17.1 Å². The number of anilines is 1. The summed E-state index contributed by atoms with van der Waals surface area (Å²) in [4.78, 5) is 14.4. The number of amides is 1. The predicted octanol–water partition coefficient (Wildman–Crippen LogP) is 3.43. The van der Waals surface area contributed by atoms with Crippen molar-refractivity contribution in [3.05, 3.63) is 58.9 Å². The van der Waals surface area contributed by atoms with Crippen LogP contribution in [0, 0.1) is 5.82 Å². The molecule has 2 aromatic rings. The average molecular weight is 363 g/mol. The molecule has 2 aromatic carbocycles. The second-order valence-corrected chi connectivity index (χ2v) is 6.56. The summed E-state index contributed by atoms with van der Waals surface area (Å²) in [6.07, 6.45) is 1.01. The summed E-state index contributed by atoms with van der Waals surface area (Å²) in [5.74, 6) is 0.331. The molecule has 0 bridgehead atoms. The number of nitrogens with one attached hydrogen (secondary N) is 1. The number of hydrogen-bond donors (Lipinski definition) is 1. The molecule has 1 fully saturated rings. The number of nitrogens with zero attached hydrogens (tertiary/aromatic N) is 1. The van der Waals surface area contributed by atoms with Crippen LogP contribution in [0.2, 0.25) is 5.02 Å². The fourth-order valence-corrected chi connectivity index (χ4v) is 3.28. The zero-order valence-electron chi connectivity index (χ0n) is 14.0. The molecule has 0 aliphatic carbocycles. The number of benzene rings is 2. The third-order valence-electron chi connectivity index (χ3n) is 4.29. The minimum atomic E-state index is -0.328. The largest absolute Gasteiger partial charge is 0.495 e. The number of rotatable bonds is 5. The fraction of sp³-hybridized carbons (Fsp3) is 0.316. The summed E-state index contributed by atoms with van der Waals surface area (Å²) in [7, 11) is 1.63. The predicted molar refractivity (Wildman–Crippen MR) is 96.9 cm³/mol. The Kier molecular flexibility index (Phi) is 5.43. The van der Waals surface area contributed by atoms with Crippen molar-refractivity contribution in [3.63, 3.8) is 0 Å². The molecule has 1 N–H and O–H groups in total. The molecule has 1 aliphatic heterocycles. The number of carbonyl (C=O) groups excluding carboxylic acids is 1.